The minimum Gasteiger partial charge on any atom is -0.487 e. The van der Waals surface area contributed by atoms with Gasteiger partial charge >= 0.3 is 0 Å². The molecule has 19 heavy (non-hydrogen) atoms. The van der Waals surface area contributed by atoms with Crippen LogP contribution in [-0.4, -0.2) is 13.2 Å². The fraction of sp³-hybridized carbons (Fsp3) is 0.625. The van der Waals surface area contributed by atoms with Crippen molar-refractivity contribution in [1.29, 1.82) is 0 Å². The maximum atomic E-state index is 13.9. The zero-order chi connectivity index (χ0) is 13.7. The van der Waals surface area contributed by atoms with Gasteiger partial charge < -0.3 is 10.1 Å². The summed E-state index contributed by atoms with van der Waals surface area (Å²) in [7, 11) is 1.86. The molecule has 1 aliphatic rings. The van der Waals surface area contributed by atoms with Crippen LogP contribution in [0.5, 0.6) is 5.75 Å². The lowest BCUT2D eigenvalue weighted by atomic mass is 9.86. The summed E-state index contributed by atoms with van der Waals surface area (Å²) in [5.41, 5.74) is 0.903. The highest BCUT2D eigenvalue weighted by atomic mass is 19.1. The fourth-order valence-corrected chi connectivity index (χ4v) is 2.84. The van der Waals surface area contributed by atoms with Crippen molar-refractivity contribution in [2.75, 3.05) is 7.05 Å². The molecule has 1 aliphatic carbocycles. The Bertz CT molecular complexity index is 400. The van der Waals surface area contributed by atoms with Gasteiger partial charge in [-0.25, -0.2) is 4.39 Å². The van der Waals surface area contributed by atoms with Crippen molar-refractivity contribution in [2.45, 2.75) is 51.7 Å². The second-order valence-electron chi connectivity index (χ2n) is 5.43. The molecule has 0 aliphatic heterocycles. The Hall–Kier alpha value is -1.09. The van der Waals surface area contributed by atoms with Crippen molar-refractivity contribution in [3.63, 3.8) is 0 Å². The molecular formula is C16H24FNO. The van der Waals surface area contributed by atoms with Gasteiger partial charge in [-0.2, -0.15) is 0 Å². The molecule has 0 spiro atoms. The first-order chi connectivity index (χ1) is 9.24. The molecule has 3 heteroatoms. The first-order valence-corrected chi connectivity index (χ1v) is 7.33. The van der Waals surface area contributed by atoms with Crippen molar-refractivity contribution in [3.8, 4) is 5.75 Å². The van der Waals surface area contributed by atoms with Crippen LogP contribution in [0.15, 0.2) is 18.2 Å². The smallest absolute Gasteiger partial charge is 0.165 e. The van der Waals surface area contributed by atoms with Crippen LogP contribution in [0.25, 0.3) is 0 Å². The first-order valence-electron chi connectivity index (χ1n) is 7.33. The number of nitrogens with one attached hydrogen (secondary N) is 1. The minimum atomic E-state index is -0.245. The van der Waals surface area contributed by atoms with Gasteiger partial charge in [-0.3, -0.25) is 0 Å². The largest absolute Gasteiger partial charge is 0.487 e. The maximum Gasteiger partial charge on any atom is 0.165 e. The highest BCUT2D eigenvalue weighted by Gasteiger charge is 2.23. The molecule has 1 fully saturated rings. The van der Waals surface area contributed by atoms with E-state index in [0.29, 0.717) is 12.3 Å². The molecule has 0 heterocycles. The summed E-state index contributed by atoms with van der Waals surface area (Å²) in [6, 6.07) is 5.14. The van der Waals surface area contributed by atoms with E-state index in [1.165, 1.54) is 25.3 Å². The Morgan fingerprint density at radius 3 is 2.63 bits per heavy atom. The Morgan fingerprint density at radius 1 is 1.26 bits per heavy atom. The Morgan fingerprint density at radius 2 is 2.00 bits per heavy atom. The number of benzene rings is 1. The molecule has 0 atom stereocenters. The van der Waals surface area contributed by atoms with Gasteiger partial charge in [0.05, 0.1) is 6.10 Å². The molecule has 1 aromatic rings. The molecule has 0 amide bonds. The van der Waals surface area contributed by atoms with E-state index in [4.69, 9.17) is 4.74 Å². The lowest BCUT2D eigenvalue weighted by molar-refractivity contribution is 0.123. The lowest BCUT2D eigenvalue weighted by Crippen LogP contribution is -2.25. The average molecular weight is 265 g/mol. The third kappa shape index (κ3) is 3.69. The predicted molar refractivity (Wildman–Crippen MR) is 75.8 cm³/mol. The summed E-state index contributed by atoms with van der Waals surface area (Å²) in [6.45, 7) is 2.88. The molecule has 1 N–H and O–H groups in total. The fourth-order valence-electron chi connectivity index (χ4n) is 2.84. The normalized spacial score (nSPS) is 23.3. The van der Waals surface area contributed by atoms with Gasteiger partial charge in [-0.1, -0.05) is 25.5 Å². The number of hydrogen-bond donors (Lipinski definition) is 1. The lowest BCUT2D eigenvalue weighted by Gasteiger charge is -2.29. The Balaban J connectivity index is 2.02. The summed E-state index contributed by atoms with van der Waals surface area (Å²) in [5.74, 6) is 1.03. The van der Waals surface area contributed by atoms with E-state index in [-0.39, 0.29) is 11.9 Å². The van der Waals surface area contributed by atoms with E-state index >= 15 is 0 Å². The van der Waals surface area contributed by atoms with Crippen LogP contribution < -0.4 is 10.1 Å². The van der Waals surface area contributed by atoms with Gasteiger partial charge in [-0.05, 0) is 44.7 Å². The SMILES string of the molecule is CCC1CCC(Oc2c(F)cccc2CNC)CC1. The highest BCUT2D eigenvalue weighted by molar-refractivity contribution is 5.35. The van der Waals surface area contributed by atoms with Gasteiger partial charge in [0.2, 0.25) is 0 Å². The van der Waals surface area contributed by atoms with Gasteiger partial charge in [-0.15, -0.1) is 0 Å². The van der Waals surface area contributed by atoms with E-state index in [0.717, 1.165) is 24.3 Å². The number of para-hydroxylation sites is 1. The van der Waals surface area contributed by atoms with Crippen LogP contribution in [0.3, 0.4) is 0 Å². The number of ether oxygens (including phenoxy) is 1. The number of halogens is 1. The second kappa shape index (κ2) is 6.90. The Kier molecular flexibility index (Phi) is 5.20. The van der Waals surface area contributed by atoms with Crippen molar-refractivity contribution in [3.05, 3.63) is 29.6 Å². The predicted octanol–water partition coefficient (Wildman–Crippen LogP) is 3.89. The summed E-state index contributed by atoms with van der Waals surface area (Å²) >= 11 is 0. The van der Waals surface area contributed by atoms with Gasteiger partial charge in [0, 0.05) is 12.1 Å². The van der Waals surface area contributed by atoms with Gasteiger partial charge in [0.15, 0.2) is 11.6 Å². The van der Waals surface area contributed by atoms with Crippen LogP contribution in [-0.2, 0) is 6.54 Å². The molecule has 0 radical (unpaired) electrons. The quantitative estimate of drug-likeness (QED) is 0.872. The molecule has 2 rings (SSSR count). The zero-order valence-corrected chi connectivity index (χ0v) is 11.9. The summed E-state index contributed by atoms with van der Waals surface area (Å²) in [4.78, 5) is 0. The standard InChI is InChI=1S/C16H24FNO/c1-3-12-7-9-14(10-8-12)19-16-13(11-18-2)5-4-6-15(16)17/h4-6,12,14,18H,3,7-11H2,1-2H3. The number of rotatable bonds is 5. The molecule has 1 aromatic carbocycles. The third-order valence-corrected chi connectivity index (χ3v) is 4.07. The Labute approximate surface area is 115 Å². The molecule has 0 unspecified atom stereocenters. The van der Waals surface area contributed by atoms with Gasteiger partial charge in [0.25, 0.3) is 0 Å². The molecule has 0 saturated heterocycles. The van der Waals surface area contributed by atoms with Crippen LogP contribution >= 0.6 is 0 Å². The monoisotopic (exact) mass is 265 g/mol. The van der Waals surface area contributed by atoms with Crippen molar-refractivity contribution < 1.29 is 9.13 Å². The minimum absolute atomic E-state index is 0.176. The van der Waals surface area contributed by atoms with Crippen molar-refractivity contribution >= 4 is 0 Å². The molecule has 0 aromatic heterocycles. The van der Waals surface area contributed by atoms with Crippen molar-refractivity contribution in [1.82, 2.24) is 5.32 Å². The number of hydrogen-bond acceptors (Lipinski definition) is 2. The van der Waals surface area contributed by atoms with Crippen LogP contribution in [0.1, 0.15) is 44.6 Å². The highest BCUT2D eigenvalue weighted by Crippen LogP contribution is 2.31. The maximum absolute atomic E-state index is 13.9. The van der Waals surface area contributed by atoms with E-state index in [1.54, 1.807) is 6.07 Å². The molecule has 106 valence electrons. The molecule has 2 nitrogen and oxygen atoms in total. The van der Waals surface area contributed by atoms with E-state index in [2.05, 4.69) is 12.2 Å². The summed E-state index contributed by atoms with van der Waals surface area (Å²) in [6.07, 6.45) is 5.93. The van der Waals surface area contributed by atoms with Crippen LogP contribution in [0.4, 0.5) is 4.39 Å². The van der Waals surface area contributed by atoms with Crippen molar-refractivity contribution in [2.24, 2.45) is 5.92 Å². The first kappa shape index (κ1) is 14.3. The van der Waals surface area contributed by atoms with E-state index in [9.17, 15) is 4.39 Å². The van der Waals surface area contributed by atoms with Crippen LogP contribution in [0, 0.1) is 11.7 Å². The van der Waals surface area contributed by atoms with Gasteiger partial charge in [0.1, 0.15) is 0 Å². The van der Waals surface area contributed by atoms with Crippen LogP contribution in [0.2, 0.25) is 0 Å². The summed E-state index contributed by atoms with van der Waals surface area (Å²) < 4.78 is 19.9. The molecule has 0 bridgehead atoms. The molecular weight excluding hydrogens is 241 g/mol. The topological polar surface area (TPSA) is 21.3 Å². The molecule has 1 saturated carbocycles. The average Bonchev–Trinajstić information content (AvgIpc) is 2.44. The van der Waals surface area contributed by atoms with E-state index in [1.807, 2.05) is 13.1 Å². The zero-order valence-electron chi connectivity index (χ0n) is 11.9. The summed E-state index contributed by atoms with van der Waals surface area (Å²) in [5, 5.41) is 3.06. The third-order valence-electron chi connectivity index (χ3n) is 4.07. The second-order valence-corrected chi connectivity index (χ2v) is 5.43. The van der Waals surface area contributed by atoms with E-state index < -0.39 is 0 Å².